The number of nitrogens with two attached hydrogens (primary N) is 1. The van der Waals surface area contributed by atoms with Crippen LogP contribution in [0.1, 0.15) is 13.8 Å². The topological polar surface area (TPSA) is 73.5 Å². The highest BCUT2D eigenvalue weighted by molar-refractivity contribution is 7.80. The summed E-state index contributed by atoms with van der Waals surface area (Å²) < 4.78 is 10.3. The van der Waals surface area contributed by atoms with Crippen LogP contribution in [0.25, 0.3) is 0 Å². The minimum atomic E-state index is 0.0794. The first-order valence-corrected chi connectivity index (χ1v) is 6.44. The number of hydrogen-bond donors (Lipinski definition) is 1. The molecule has 0 bridgehead atoms. The van der Waals surface area contributed by atoms with Gasteiger partial charge in [0.25, 0.3) is 0 Å². The van der Waals surface area contributed by atoms with E-state index in [-0.39, 0.29) is 5.92 Å². The maximum Gasteiger partial charge on any atom is 0.231 e. The summed E-state index contributed by atoms with van der Waals surface area (Å²) in [6.07, 6.45) is 0. The van der Waals surface area contributed by atoms with E-state index >= 15 is 0 Å². The highest BCUT2D eigenvalue weighted by atomic mass is 32.1. The smallest absolute Gasteiger partial charge is 0.231 e. The van der Waals surface area contributed by atoms with Crippen molar-refractivity contribution in [2.75, 3.05) is 32.2 Å². The lowest BCUT2D eigenvalue weighted by Gasteiger charge is -2.24. The van der Waals surface area contributed by atoms with Crippen molar-refractivity contribution in [2.24, 2.45) is 11.7 Å². The molecule has 0 aliphatic rings. The van der Waals surface area contributed by atoms with E-state index < -0.39 is 0 Å². The second-order valence-corrected chi connectivity index (χ2v) is 4.57. The average molecular weight is 284 g/mol. The van der Waals surface area contributed by atoms with Crippen LogP contribution in [0, 0.1) is 5.92 Å². The van der Waals surface area contributed by atoms with Gasteiger partial charge in [-0.05, 0) is 6.92 Å². The lowest BCUT2D eigenvalue weighted by atomic mass is 10.2. The summed E-state index contributed by atoms with van der Waals surface area (Å²) in [7, 11) is 3.11. The molecule has 106 valence electrons. The molecule has 0 amide bonds. The second-order valence-electron chi connectivity index (χ2n) is 4.09. The Labute approximate surface area is 118 Å². The molecule has 0 spiro atoms. The van der Waals surface area contributed by atoms with Crippen LogP contribution in [0.4, 0.5) is 5.95 Å². The Morgan fingerprint density at radius 1 is 1.37 bits per heavy atom. The summed E-state index contributed by atoms with van der Waals surface area (Å²) in [4.78, 5) is 11.1. The highest BCUT2D eigenvalue weighted by Crippen LogP contribution is 2.20. The molecule has 1 heterocycles. The zero-order valence-corrected chi connectivity index (χ0v) is 12.5. The minimum Gasteiger partial charge on any atom is -0.481 e. The van der Waals surface area contributed by atoms with Gasteiger partial charge in [0, 0.05) is 19.0 Å². The normalized spacial score (nSPS) is 11.8. The van der Waals surface area contributed by atoms with Gasteiger partial charge in [-0.2, -0.15) is 9.97 Å². The van der Waals surface area contributed by atoms with Crippen LogP contribution in [-0.2, 0) is 0 Å². The van der Waals surface area contributed by atoms with Gasteiger partial charge in [0.15, 0.2) is 0 Å². The number of thiocarbonyl (C=S) groups is 1. The average Bonchev–Trinajstić information content (AvgIpc) is 2.43. The van der Waals surface area contributed by atoms with Gasteiger partial charge in [-0.15, -0.1) is 0 Å². The number of methoxy groups -OCH3 is 2. The molecular formula is C12H20N4O2S. The Morgan fingerprint density at radius 3 is 2.26 bits per heavy atom. The molecule has 0 saturated carbocycles. The predicted molar refractivity (Wildman–Crippen MR) is 79.0 cm³/mol. The summed E-state index contributed by atoms with van der Waals surface area (Å²) in [5, 5.41) is 0. The van der Waals surface area contributed by atoms with Crippen LogP contribution in [0.5, 0.6) is 11.8 Å². The van der Waals surface area contributed by atoms with Crippen molar-refractivity contribution in [1.29, 1.82) is 0 Å². The van der Waals surface area contributed by atoms with E-state index in [9.17, 15) is 0 Å². The van der Waals surface area contributed by atoms with Crippen molar-refractivity contribution in [3.05, 3.63) is 6.07 Å². The van der Waals surface area contributed by atoms with Crippen LogP contribution in [0.3, 0.4) is 0 Å². The number of nitrogens with zero attached hydrogens (tertiary/aromatic N) is 3. The third-order valence-corrected chi connectivity index (χ3v) is 3.13. The molecule has 6 nitrogen and oxygen atoms in total. The molecule has 0 radical (unpaired) electrons. The molecule has 0 aromatic carbocycles. The van der Waals surface area contributed by atoms with Gasteiger partial charge in [0.05, 0.1) is 25.3 Å². The van der Waals surface area contributed by atoms with Crippen molar-refractivity contribution in [1.82, 2.24) is 9.97 Å². The Balaban J connectivity index is 2.99. The summed E-state index contributed by atoms with van der Waals surface area (Å²) in [5.74, 6) is 1.55. The Bertz CT molecular complexity index is 419. The van der Waals surface area contributed by atoms with Gasteiger partial charge in [-0.3, -0.25) is 0 Å². The van der Waals surface area contributed by atoms with Crippen molar-refractivity contribution in [3.8, 4) is 11.8 Å². The first-order chi connectivity index (χ1) is 9.01. The minimum absolute atomic E-state index is 0.0794. The molecule has 0 aliphatic heterocycles. The van der Waals surface area contributed by atoms with Crippen LogP contribution < -0.4 is 20.1 Å². The Morgan fingerprint density at radius 2 is 1.89 bits per heavy atom. The third-order valence-electron chi connectivity index (χ3n) is 2.73. The number of aromatic nitrogens is 2. The standard InChI is InChI=1S/C12H20N4O2S/c1-5-16(7-8(2)11(13)19)12-14-9(17-3)6-10(15-12)18-4/h6,8H,5,7H2,1-4H3,(H2,13,19). The number of hydrogen-bond acceptors (Lipinski definition) is 6. The van der Waals surface area contributed by atoms with Crippen molar-refractivity contribution < 1.29 is 9.47 Å². The summed E-state index contributed by atoms with van der Waals surface area (Å²) in [6.45, 7) is 5.38. The molecule has 0 aliphatic carbocycles. The fraction of sp³-hybridized carbons (Fsp3) is 0.583. The molecule has 1 aromatic rings. The van der Waals surface area contributed by atoms with Crippen LogP contribution in [-0.4, -0.2) is 42.3 Å². The van der Waals surface area contributed by atoms with Crippen molar-refractivity contribution in [2.45, 2.75) is 13.8 Å². The first kappa shape index (κ1) is 15.4. The maximum atomic E-state index is 5.64. The van der Waals surface area contributed by atoms with Gasteiger partial charge in [-0.1, -0.05) is 19.1 Å². The molecule has 0 fully saturated rings. The van der Waals surface area contributed by atoms with Gasteiger partial charge in [0.1, 0.15) is 0 Å². The molecule has 1 aromatic heterocycles. The van der Waals surface area contributed by atoms with Crippen LogP contribution in [0.2, 0.25) is 0 Å². The lowest BCUT2D eigenvalue weighted by Crippen LogP contribution is -2.35. The summed E-state index contributed by atoms with van der Waals surface area (Å²) in [6, 6.07) is 1.63. The van der Waals surface area contributed by atoms with E-state index in [0.29, 0.717) is 29.2 Å². The zero-order chi connectivity index (χ0) is 14.4. The molecule has 1 rings (SSSR count). The highest BCUT2D eigenvalue weighted by Gasteiger charge is 2.16. The summed E-state index contributed by atoms with van der Waals surface area (Å²) >= 11 is 4.99. The molecule has 2 N–H and O–H groups in total. The van der Waals surface area contributed by atoms with E-state index in [0.717, 1.165) is 6.54 Å². The quantitative estimate of drug-likeness (QED) is 0.755. The van der Waals surface area contributed by atoms with Gasteiger partial charge in [0.2, 0.25) is 17.7 Å². The SMILES string of the molecule is CCN(CC(C)C(N)=S)c1nc(OC)cc(OC)n1. The Hall–Kier alpha value is -1.63. The van der Waals surface area contributed by atoms with Crippen molar-refractivity contribution >= 4 is 23.2 Å². The summed E-state index contributed by atoms with van der Waals surface area (Å²) in [5.41, 5.74) is 5.64. The van der Waals surface area contributed by atoms with Crippen molar-refractivity contribution in [3.63, 3.8) is 0 Å². The lowest BCUT2D eigenvalue weighted by molar-refractivity contribution is 0.371. The van der Waals surface area contributed by atoms with E-state index in [4.69, 9.17) is 27.4 Å². The number of rotatable bonds is 7. The van der Waals surface area contributed by atoms with E-state index in [1.165, 1.54) is 0 Å². The van der Waals surface area contributed by atoms with Gasteiger partial charge < -0.3 is 20.1 Å². The molecule has 0 saturated heterocycles. The molecule has 7 heteroatoms. The van der Waals surface area contributed by atoms with Gasteiger partial charge in [-0.25, -0.2) is 0 Å². The molecule has 1 unspecified atom stereocenters. The number of anilines is 1. The monoisotopic (exact) mass is 284 g/mol. The Kier molecular flexibility index (Phi) is 5.75. The van der Waals surface area contributed by atoms with E-state index in [1.54, 1.807) is 20.3 Å². The number of ether oxygens (including phenoxy) is 2. The van der Waals surface area contributed by atoms with Crippen LogP contribution in [0.15, 0.2) is 6.07 Å². The fourth-order valence-corrected chi connectivity index (χ4v) is 1.59. The molecule has 1 atom stereocenters. The third kappa shape index (κ3) is 4.20. The van der Waals surface area contributed by atoms with E-state index in [2.05, 4.69) is 9.97 Å². The fourth-order valence-electron chi connectivity index (χ4n) is 1.52. The predicted octanol–water partition coefficient (Wildman–Crippen LogP) is 1.24. The first-order valence-electron chi connectivity index (χ1n) is 6.03. The maximum absolute atomic E-state index is 5.64. The largest absolute Gasteiger partial charge is 0.481 e. The van der Waals surface area contributed by atoms with Crippen LogP contribution >= 0.6 is 12.2 Å². The van der Waals surface area contributed by atoms with Gasteiger partial charge >= 0.3 is 0 Å². The second kappa shape index (κ2) is 7.08. The molecule has 19 heavy (non-hydrogen) atoms. The zero-order valence-electron chi connectivity index (χ0n) is 11.7. The molecular weight excluding hydrogens is 264 g/mol. The van der Waals surface area contributed by atoms with E-state index in [1.807, 2.05) is 18.7 Å².